The van der Waals surface area contributed by atoms with Gasteiger partial charge in [0.2, 0.25) is 0 Å². The zero-order valence-electron chi connectivity index (χ0n) is 35.7. The van der Waals surface area contributed by atoms with Gasteiger partial charge in [0, 0.05) is 5.92 Å². The number of hydrogen-bond donors (Lipinski definition) is 3. The molecule has 3 heteroatoms. The first-order valence-electron chi connectivity index (χ1n) is 20.8. The molecule has 52 heavy (non-hydrogen) atoms. The number of phenolic OH excluding ortho intramolecular Hbond substituents is 3. The highest BCUT2D eigenvalue weighted by Crippen LogP contribution is 2.46. The van der Waals surface area contributed by atoms with Gasteiger partial charge in [-0.05, 0) is 135 Å². The molecule has 0 spiro atoms. The highest BCUT2D eigenvalue weighted by molar-refractivity contribution is 5.54. The fourth-order valence-electron chi connectivity index (χ4n) is 8.10. The third-order valence-electron chi connectivity index (χ3n) is 11.2. The van der Waals surface area contributed by atoms with Crippen molar-refractivity contribution in [2.75, 3.05) is 0 Å². The monoisotopic (exact) mass is 713 g/mol. The molecule has 0 amide bonds. The summed E-state index contributed by atoms with van der Waals surface area (Å²) in [7, 11) is 0. The van der Waals surface area contributed by atoms with Crippen LogP contribution in [-0.4, -0.2) is 15.3 Å². The SMILES string of the molecule is CCCCCc1cc(O)c(C(C)(C)C)cc1C(C)CC(c1cc(C(C)(C)C)c(O)cc1CCCCC)c1cc(C(C)(C)C)c(O)cc1CCCCC. The standard InChI is InChI=1S/C49H76O3/c1-14-17-20-23-34-27-44(50)41(47(5,6)7)30-37(34)33(4)26-40(38-31-42(48(8,9)10)45(51)28-35(38)24-21-18-15-2)39-32-43(49(11,12)13)46(52)29-36(39)25-22-19-16-3/h27-33,40,50-52H,14-26H2,1-13H3. The summed E-state index contributed by atoms with van der Waals surface area (Å²) in [5.74, 6) is 1.46. The molecule has 3 N–H and O–H groups in total. The van der Waals surface area contributed by atoms with Gasteiger partial charge in [-0.2, -0.15) is 0 Å². The first-order valence-corrected chi connectivity index (χ1v) is 20.8. The van der Waals surface area contributed by atoms with Crippen LogP contribution in [0.3, 0.4) is 0 Å². The molecular formula is C49H76O3. The van der Waals surface area contributed by atoms with Crippen molar-refractivity contribution in [3.8, 4) is 17.2 Å². The predicted octanol–water partition coefficient (Wildman–Crippen LogP) is 14.2. The van der Waals surface area contributed by atoms with E-state index < -0.39 is 0 Å². The molecule has 3 aromatic rings. The van der Waals surface area contributed by atoms with Crippen molar-refractivity contribution < 1.29 is 15.3 Å². The smallest absolute Gasteiger partial charge is 0.119 e. The Kier molecular flexibility index (Phi) is 15.4. The number of rotatable bonds is 17. The van der Waals surface area contributed by atoms with Gasteiger partial charge in [-0.3, -0.25) is 0 Å². The maximum Gasteiger partial charge on any atom is 0.119 e. The van der Waals surface area contributed by atoms with E-state index in [9.17, 15) is 15.3 Å². The van der Waals surface area contributed by atoms with E-state index >= 15 is 0 Å². The molecule has 0 aliphatic carbocycles. The second-order valence-corrected chi connectivity index (χ2v) is 19.0. The maximum atomic E-state index is 11.5. The summed E-state index contributed by atoms with van der Waals surface area (Å²) < 4.78 is 0. The number of aryl methyl sites for hydroxylation is 3. The van der Waals surface area contributed by atoms with Gasteiger partial charge in [0.05, 0.1) is 0 Å². The molecule has 0 bridgehead atoms. The summed E-state index contributed by atoms with van der Waals surface area (Å²) in [6, 6.07) is 13.2. The van der Waals surface area contributed by atoms with E-state index in [4.69, 9.17) is 0 Å². The van der Waals surface area contributed by atoms with E-state index in [1.807, 2.05) is 0 Å². The predicted molar refractivity (Wildman–Crippen MR) is 225 cm³/mol. The molecule has 0 saturated heterocycles. The topological polar surface area (TPSA) is 60.7 Å². The molecule has 0 fully saturated rings. The highest BCUT2D eigenvalue weighted by atomic mass is 16.3. The third-order valence-corrected chi connectivity index (χ3v) is 11.2. The minimum Gasteiger partial charge on any atom is -0.508 e. The Morgan fingerprint density at radius 3 is 1.02 bits per heavy atom. The Balaban J connectivity index is 2.44. The Morgan fingerprint density at radius 1 is 0.442 bits per heavy atom. The van der Waals surface area contributed by atoms with E-state index in [1.54, 1.807) is 0 Å². The third kappa shape index (κ3) is 11.3. The number of benzene rings is 3. The average molecular weight is 713 g/mol. The lowest BCUT2D eigenvalue weighted by Crippen LogP contribution is -2.18. The van der Waals surface area contributed by atoms with Gasteiger partial charge in [0.25, 0.3) is 0 Å². The minimum absolute atomic E-state index is 0.0574. The zero-order chi connectivity index (χ0) is 39.0. The Bertz CT molecular complexity index is 1510. The first-order chi connectivity index (χ1) is 24.2. The van der Waals surface area contributed by atoms with Crippen LogP contribution in [-0.2, 0) is 35.5 Å². The minimum atomic E-state index is -0.225. The fraction of sp³-hybridized carbons (Fsp3) is 0.633. The molecule has 0 aliphatic rings. The Morgan fingerprint density at radius 2 is 0.731 bits per heavy atom. The molecule has 0 aromatic heterocycles. The first kappa shape index (κ1) is 43.5. The zero-order valence-corrected chi connectivity index (χ0v) is 35.7. The van der Waals surface area contributed by atoms with Crippen LogP contribution in [0.4, 0.5) is 0 Å². The van der Waals surface area contributed by atoms with Crippen molar-refractivity contribution in [2.45, 2.75) is 202 Å². The van der Waals surface area contributed by atoms with Crippen LogP contribution in [0.1, 0.15) is 216 Å². The van der Waals surface area contributed by atoms with Crippen LogP contribution in [0, 0.1) is 0 Å². The molecule has 0 aliphatic heterocycles. The summed E-state index contributed by atoms with van der Waals surface area (Å²) in [5.41, 5.74) is 10.1. The maximum absolute atomic E-state index is 11.5. The van der Waals surface area contributed by atoms with Crippen LogP contribution < -0.4 is 0 Å². The lowest BCUT2D eigenvalue weighted by Gasteiger charge is -2.32. The Hall–Kier alpha value is -2.94. The summed E-state index contributed by atoms with van der Waals surface area (Å²) in [6.45, 7) is 28.9. The van der Waals surface area contributed by atoms with Crippen molar-refractivity contribution >= 4 is 0 Å². The quantitative estimate of drug-likeness (QED) is 0.122. The number of hydrogen-bond acceptors (Lipinski definition) is 3. The molecule has 0 heterocycles. The number of unbranched alkanes of at least 4 members (excludes halogenated alkanes) is 6. The fourth-order valence-corrected chi connectivity index (χ4v) is 8.10. The lowest BCUT2D eigenvalue weighted by atomic mass is 9.72. The van der Waals surface area contributed by atoms with Crippen molar-refractivity contribution in [1.29, 1.82) is 0 Å². The van der Waals surface area contributed by atoms with E-state index in [1.165, 1.54) is 39.8 Å². The summed E-state index contributed by atoms with van der Waals surface area (Å²) >= 11 is 0. The molecule has 1 atom stereocenters. The summed E-state index contributed by atoms with van der Waals surface area (Å²) in [6.07, 6.45) is 13.9. The van der Waals surface area contributed by atoms with Gasteiger partial charge in [-0.25, -0.2) is 0 Å². The van der Waals surface area contributed by atoms with E-state index in [0.717, 1.165) is 93.7 Å². The second kappa shape index (κ2) is 18.4. The molecular weight excluding hydrogens is 637 g/mol. The van der Waals surface area contributed by atoms with Gasteiger partial charge in [0.15, 0.2) is 0 Å². The highest BCUT2D eigenvalue weighted by Gasteiger charge is 2.31. The molecule has 0 saturated carbocycles. The van der Waals surface area contributed by atoms with Crippen LogP contribution in [0.5, 0.6) is 17.2 Å². The molecule has 3 aromatic carbocycles. The number of phenols is 3. The lowest BCUT2D eigenvalue weighted by molar-refractivity contribution is 0.443. The van der Waals surface area contributed by atoms with Crippen LogP contribution >= 0.6 is 0 Å². The molecule has 3 nitrogen and oxygen atoms in total. The van der Waals surface area contributed by atoms with Crippen LogP contribution in [0.2, 0.25) is 0 Å². The molecule has 1 unspecified atom stereocenters. The van der Waals surface area contributed by atoms with Gasteiger partial charge in [0.1, 0.15) is 17.2 Å². The summed E-state index contributed by atoms with van der Waals surface area (Å²) in [4.78, 5) is 0. The molecule has 0 radical (unpaired) electrons. The second-order valence-electron chi connectivity index (χ2n) is 19.0. The Labute approximate surface area is 319 Å². The largest absolute Gasteiger partial charge is 0.508 e. The van der Waals surface area contributed by atoms with Crippen molar-refractivity contribution in [1.82, 2.24) is 0 Å². The van der Waals surface area contributed by atoms with Crippen molar-refractivity contribution in [2.24, 2.45) is 0 Å². The van der Waals surface area contributed by atoms with Gasteiger partial charge in [-0.1, -0.05) is 147 Å². The van der Waals surface area contributed by atoms with E-state index in [-0.39, 0.29) is 28.1 Å². The average Bonchev–Trinajstić information content (AvgIpc) is 3.02. The van der Waals surface area contributed by atoms with Gasteiger partial charge >= 0.3 is 0 Å². The summed E-state index contributed by atoms with van der Waals surface area (Å²) in [5, 5.41) is 34.4. The van der Waals surface area contributed by atoms with Crippen LogP contribution in [0.15, 0.2) is 36.4 Å². The molecule has 3 rings (SSSR count). The normalized spacial score (nSPS) is 13.3. The van der Waals surface area contributed by atoms with E-state index in [0.29, 0.717) is 17.2 Å². The van der Waals surface area contributed by atoms with E-state index in [2.05, 4.69) is 126 Å². The van der Waals surface area contributed by atoms with Crippen LogP contribution in [0.25, 0.3) is 0 Å². The number of aromatic hydroxyl groups is 3. The van der Waals surface area contributed by atoms with Crippen molar-refractivity contribution in [3.63, 3.8) is 0 Å². The van der Waals surface area contributed by atoms with Gasteiger partial charge in [-0.15, -0.1) is 0 Å². The van der Waals surface area contributed by atoms with Gasteiger partial charge < -0.3 is 15.3 Å². The molecule has 290 valence electrons. The van der Waals surface area contributed by atoms with Crippen molar-refractivity contribution in [3.05, 3.63) is 86.5 Å².